The fraction of sp³-hybridized carbons (Fsp3) is 0.412. The zero-order chi connectivity index (χ0) is 18.0. The quantitative estimate of drug-likeness (QED) is 0.447. The molecule has 0 spiro atoms. The van der Waals surface area contributed by atoms with Gasteiger partial charge in [-0.15, -0.1) is 11.8 Å². The van der Waals surface area contributed by atoms with E-state index >= 15 is 0 Å². The van der Waals surface area contributed by atoms with Crippen LogP contribution in [0.15, 0.2) is 29.2 Å². The summed E-state index contributed by atoms with van der Waals surface area (Å²) in [5.74, 6) is -0.439. The Hall–Kier alpha value is -2.15. The van der Waals surface area contributed by atoms with Crippen LogP contribution in [0.4, 0.5) is 5.69 Å². The summed E-state index contributed by atoms with van der Waals surface area (Å²) in [6.07, 6.45) is 0. The van der Waals surface area contributed by atoms with Gasteiger partial charge in [-0.05, 0) is 23.6 Å². The second kappa shape index (κ2) is 7.17. The Morgan fingerprint density at radius 1 is 1.08 bits per heavy atom. The molecule has 2 rings (SSSR count). The Morgan fingerprint density at radius 3 is 2.12 bits per heavy atom. The third-order valence-electron chi connectivity index (χ3n) is 3.39. The van der Waals surface area contributed by atoms with E-state index in [1.54, 1.807) is 0 Å². The van der Waals surface area contributed by atoms with Gasteiger partial charge in [0.15, 0.2) is 0 Å². The predicted octanol–water partition coefficient (Wildman–Crippen LogP) is 3.47. The zero-order valence-electron chi connectivity index (χ0n) is 14.1. The Morgan fingerprint density at radius 2 is 1.67 bits per heavy atom. The van der Waals surface area contributed by atoms with E-state index in [0.717, 1.165) is 0 Å². The minimum absolute atomic E-state index is 0.0479. The third-order valence-corrected chi connectivity index (χ3v) is 4.48. The summed E-state index contributed by atoms with van der Waals surface area (Å²) in [4.78, 5) is 37.4. The molecular weight excluding hydrogens is 328 g/mol. The van der Waals surface area contributed by atoms with E-state index < -0.39 is 4.92 Å². The molecule has 6 nitrogen and oxygen atoms in total. The number of thioether (sulfide) groups is 1. The van der Waals surface area contributed by atoms with Gasteiger partial charge >= 0.3 is 0 Å². The van der Waals surface area contributed by atoms with Gasteiger partial charge in [-0.3, -0.25) is 24.6 Å². The van der Waals surface area contributed by atoms with Crippen molar-refractivity contribution in [3.63, 3.8) is 0 Å². The van der Waals surface area contributed by atoms with Crippen molar-refractivity contribution in [1.29, 1.82) is 0 Å². The number of hydrogen-bond acceptors (Lipinski definition) is 5. The normalized spacial score (nSPS) is 15.2. The number of benzene rings is 1. The molecule has 0 N–H and O–H groups in total. The van der Waals surface area contributed by atoms with Crippen LogP contribution in [0.3, 0.4) is 0 Å². The summed E-state index contributed by atoms with van der Waals surface area (Å²) in [6, 6.07) is 5.75. The summed E-state index contributed by atoms with van der Waals surface area (Å²) in [5, 5.41) is 10.9. The number of nitro benzene ring substituents is 1. The van der Waals surface area contributed by atoms with Crippen molar-refractivity contribution in [2.24, 2.45) is 5.92 Å². The van der Waals surface area contributed by atoms with Crippen molar-refractivity contribution in [3.8, 4) is 0 Å². The van der Waals surface area contributed by atoms with Crippen molar-refractivity contribution < 1.29 is 14.5 Å². The first kappa shape index (κ1) is 18.2. The molecule has 2 amide bonds. The van der Waals surface area contributed by atoms with Crippen molar-refractivity contribution in [3.05, 3.63) is 44.8 Å². The Balaban J connectivity index is 2.47. The fourth-order valence-corrected chi connectivity index (χ4v) is 3.44. The maximum absolute atomic E-state index is 12.8. The number of amides is 2. The highest BCUT2D eigenvalue weighted by Crippen LogP contribution is 2.38. The second-order valence-corrected chi connectivity index (χ2v) is 7.88. The van der Waals surface area contributed by atoms with Gasteiger partial charge in [0.05, 0.1) is 15.4 Å². The van der Waals surface area contributed by atoms with Gasteiger partial charge in [-0.25, -0.2) is 0 Å². The molecule has 1 heterocycles. The molecule has 0 aliphatic carbocycles. The SMILES string of the molecule is CC(C)CN1C(=O)C(SC(C)C)=C(c2ccc([N+](=O)[O-])cc2)C1=O. The van der Waals surface area contributed by atoms with E-state index in [0.29, 0.717) is 22.6 Å². The number of carbonyl (C=O) groups excluding carboxylic acids is 2. The number of nitrogens with zero attached hydrogens (tertiary/aromatic N) is 2. The number of non-ortho nitro benzene ring substituents is 1. The van der Waals surface area contributed by atoms with Crippen LogP contribution >= 0.6 is 11.8 Å². The number of rotatable bonds is 6. The monoisotopic (exact) mass is 348 g/mol. The molecular formula is C17H20N2O4S. The minimum Gasteiger partial charge on any atom is -0.274 e. The van der Waals surface area contributed by atoms with Crippen LogP contribution in [-0.4, -0.2) is 33.4 Å². The molecule has 0 unspecified atom stereocenters. The molecule has 1 aromatic carbocycles. The highest BCUT2D eigenvalue weighted by molar-refractivity contribution is 8.04. The van der Waals surface area contributed by atoms with E-state index in [1.165, 1.54) is 40.9 Å². The summed E-state index contributed by atoms with van der Waals surface area (Å²) in [6.45, 7) is 8.15. The summed E-state index contributed by atoms with van der Waals surface area (Å²) < 4.78 is 0. The standard InChI is InChI=1S/C17H20N2O4S/c1-10(2)9-18-16(20)14(15(17(18)21)24-11(3)4)12-5-7-13(8-6-12)19(22)23/h5-8,10-11H,9H2,1-4H3. The number of hydrogen-bond donors (Lipinski definition) is 0. The largest absolute Gasteiger partial charge is 0.274 e. The molecule has 0 fully saturated rings. The maximum Gasteiger partial charge on any atom is 0.269 e. The van der Waals surface area contributed by atoms with Crippen molar-refractivity contribution in [1.82, 2.24) is 4.90 Å². The summed E-state index contributed by atoms with van der Waals surface area (Å²) in [7, 11) is 0. The van der Waals surface area contributed by atoms with Crippen LogP contribution in [0.25, 0.3) is 5.57 Å². The van der Waals surface area contributed by atoms with E-state index in [4.69, 9.17) is 0 Å². The van der Waals surface area contributed by atoms with Gasteiger partial charge in [0.2, 0.25) is 0 Å². The molecule has 128 valence electrons. The van der Waals surface area contributed by atoms with Crippen molar-refractivity contribution >= 4 is 34.8 Å². The van der Waals surface area contributed by atoms with Crippen LogP contribution < -0.4 is 0 Å². The van der Waals surface area contributed by atoms with Crippen molar-refractivity contribution in [2.75, 3.05) is 6.54 Å². The van der Waals surface area contributed by atoms with Gasteiger partial charge in [-0.1, -0.05) is 27.7 Å². The van der Waals surface area contributed by atoms with Gasteiger partial charge in [0, 0.05) is 23.9 Å². The molecule has 24 heavy (non-hydrogen) atoms. The smallest absolute Gasteiger partial charge is 0.269 e. The number of nitro groups is 1. The molecule has 0 radical (unpaired) electrons. The van der Waals surface area contributed by atoms with E-state index in [1.807, 2.05) is 27.7 Å². The Labute approximate surface area is 145 Å². The third kappa shape index (κ3) is 3.67. The van der Waals surface area contributed by atoms with E-state index in [9.17, 15) is 19.7 Å². The first-order chi connectivity index (χ1) is 11.2. The average molecular weight is 348 g/mol. The van der Waals surface area contributed by atoms with Crippen molar-refractivity contribution in [2.45, 2.75) is 32.9 Å². The van der Waals surface area contributed by atoms with Crippen LogP contribution in [0.2, 0.25) is 0 Å². The molecule has 0 bridgehead atoms. The molecule has 1 aromatic rings. The molecule has 0 saturated heterocycles. The van der Waals surface area contributed by atoms with Gasteiger partial charge in [0.1, 0.15) is 0 Å². The van der Waals surface area contributed by atoms with Crippen LogP contribution in [-0.2, 0) is 9.59 Å². The lowest BCUT2D eigenvalue weighted by molar-refractivity contribution is -0.384. The molecule has 0 atom stereocenters. The highest BCUT2D eigenvalue weighted by atomic mass is 32.2. The first-order valence-corrected chi connectivity index (χ1v) is 8.62. The number of imide groups is 1. The predicted molar refractivity (Wildman–Crippen MR) is 94.3 cm³/mol. The van der Waals surface area contributed by atoms with Crippen LogP contribution in [0, 0.1) is 16.0 Å². The lowest BCUT2D eigenvalue weighted by atomic mass is 10.1. The molecule has 0 saturated carbocycles. The zero-order valence-corrected chi connectivity index (χ0v) is 14.9. The summed E-state index contributed by atoms with van der Waals surface area (Å²) >= 11 is 1.35. The molecule has 0 aromatic heterocycles. The molecule has 1 aliphatic rings. The first-order valence-electron chi connectivity index (χ1n) is 7.74. The van der Waals surface area contributed by atoms with E-state index in [2.05, 4.69) is 0 Å². The Bertz CT molecular complexity index is 708. The van der Waals surface area contributed by atoms with Gasteiger partial charge in [0.25, 0.3) is 17.5 Å². The van der Waals surface area contributed by atoms with Crippen LogP contribution in [0.1, 0.15) is 33.3 Å². The minimum atomic E-state index is -0.491. The maximum atomic E-state index is 12.8. The Kier molecular flexibility index (Phi) is 5.43. The number of carbonyl (C=O) groups is 2. The molecule has 1 aliphatic heterocycles. The topological polar surface area (TPSA) is 80.5 Å². The van der Waals surface area contributed by atoms with Crippen LogP contribution in [0.5, 0.6) is 0 Å². The lowest BCUT2D eigenvalue weighted by Gasteiger charge is -2.17. The summed E-state index contributed by atoms with van der Waals surface area (Å²) in [5.41, 5.74) is 0.829. The van der Waals surface area contributed by atoms with E-state index in [-0.39, 0.29) is 28.7 Å². The fourth-order valence-electron chi connectivity index (χ4n) is 2.43. The molecule has 7 heteroatoms. The highest BCUT2D eigenvalue weighted by Gasteiger charge is 2.39. The lowest BCUT2D eigenvalue weighted by Crippen LogP contribution is -2.34. The average Bonchev–Trinajstić information content (AvgIpc) is 2.71. The second-order valence-electron chi connectivity index (χ2n) is 6.29. The van der Waals surface area contributed by atoms with Gasteiger partial charge < -0.3 is 0 Å². The van der Waals surface area contributed by atoms with Gasteiger partial charge in [-0.2, -0.15) is 0 Å².